The molecule has 0 aromatic carbocycles. The van der Waals surface area contributed by atoms with Crippen LogP contribution in [0.4, 0.5) is 5.69 Å². The summed E-state index contributed by atoms with van der Waals surface area (Å²) in [4.78, 5) is 5.67. The summed E-state index contributed by atoms with van der Waals surface area (Å²) in [5.41, 5.74) is 2.09. The fourth-order valence-corrected chi connectivity index (χ4v) is 3.97. The molecule has 106 valence electrons. The molecule has 3 rings (SSSR count). The molecule has 20 heavy (non-hydrogen) atoms. The van der Waals surface area contributed by atoms with E-state index < -0.39 is 0 Å². The van der Waals surface area contributed by atoms with Gasteiger partial charge in [0.1, 0.15) is 5.15 Å². The highest BCUT2D eigenvalue weighted by Crippen LogP contribution is 2.39. The zero-order chi connectivity index (χ0) is 13.9. The molecule has 0 aliphatic heterocycles. The second-order valence-corrected chi connectivity index (χ2v) is 6.85. The number of thiophene rings is 1. The van der Waals surface area contributed by atoms with Gasteiger partial charge in [-0.25, -0.2) is 4.98 Å². The molecule has 1 aliphatic carbocycles. The molecule has 1 unspecified atom stereocenters. The Bertz CT molecular complexity index is 562. The molecule has 1 fully saturated rings. The summed E-state index contributed by atoms with van der Waals surface area (Å²) in [6, 6.07) is 6.86. The summed E-state index contributed by atoms with van der Waals surface area (Å²) in [6.45, 7) is 2.00. The van der Waals surface area contributed by atoms with Crippen LogP contribution >= 0.6 is 22.9 Å². The lowest BCUT2D eigenvalue weighted by Crippen LogP contribution is -2.18. The third-order valence-electron chi connectivity index (χ3n) is 4.06. The summed E-state index contributed by atoms with van der Waals surface area (Å²) >= 11 is 7.84. The van der Waals surface area contributed by atoms with Gasteiger partial charge in [0.05, 0.1) is 17.9 Å². The summed E-state index contributed by atoms with van der Waals surface area (Å²) in [5, 5.41) is 6.42. The first kappa shape index (κ1) is 13.9. The van der Waals surface area contributed by atoms with Gasteiger partial charge >= 0.3 is 0 Å². The molecule has 0 saturated heterocycles. The van der Waals surface area contributed by atoms with Crippen LogP contribution in [0.25, 0.3) is 0 Å². The maximum Gasteiger partial charge on any atom is 0.132 e. The smallest absolute Gasteiger partial charge is 0.132 e. The Morgan fingerprint density at radius 2 is 2.20 bits per heavy atom. The van der Waals surface area contributed by atoms with E-state index in [9.17, 15) is 0 Å². The fourth-order valence-electron chi connectivity index (χ4n) is 3.00. The van der Waals surface area contributed by atoms with Crippen molar-refractivity contribution >= 4 is 28.6 Å². The number of aromatic nitrogens is 1. The van der Waals surface area contributed by atoms with Crippen molar-refractivity contribution in [2.45, 2.75) is 38.6 Å². The molecular weight excluding hydrogens is 288 g/mol. The van der Waals surface area contributed by atoms with E-state index in [4.69, 9.17) is 11.6 Å². The quantitative estimate of drug-likeness (QED) is 0.760. The van der Waals surface area contributed by atoms with Gasteiger partial charge < -0.3 is 5.32 Å². The molecule has 2 aromatic heterocycles. The Balaban J connectivity index is 1.84. The second kappa shape index (κ2) is 6.15. The number of anilines is 1. The number of nitrogens with zero attached hydrogens (tertiary/aromatic N) is 1. The van der Waals surface area contributed by atoms with Gasteiger partial charge in [0.25, 0.3) is 0 Å². The topological polar surface area (TPSA) is 24.9 Å². The molecule has 0 bridgehead atoms. The fraction of sp³-hybridized carbons (Fsp3) is 0.438. The predicted octanol–water partition coefficient (Wildman–Crippen LogP) is 5.45. The van der Waals surface area contributed by atoms with Gasteiger partial charge in [0, 0.05) is 4.88 Å². The van der Waals surface area contributed by atoms with Crippen LogP contribution in [0.15, 0.2) is 29.8 Å². The monoisotopic (exact) mass is 306 g/mol. The van der Waals surface area contributed by atoms with Crippen molar-refractivity contribution in [1.82, 2.24) is 4.98 Å². The van der Waals surface area contributed by atoms with E-state index in [0.717, 1.165) is 17.2 Å². The van der Waals surface area contributed by atoms with Gasteiger partial charge in [0.15, 0.2) is 0 Å². The molecule has 1 atom stereocenters. The minimum atomic E-state index is 0.403. The first-order chi connectivity index (χ1) is 9.74. The first-order valence-corrected chi connectivity index (χ1v) is 8.42. The van der Waals surface area contributed by atoms with Gasteiger partial charge in [-0.15, -0.1) is 11.3 Å². The van der Waals surface area contributed by atoms with Crippen LogP contribution in [0.2, 0.25) is 5.15 Å². The van der Waals surface area contributed by atoms with E-state index in [1.807, 2.05) is 24.5 Å². The summed E-state index contributed by atoms with van der Waals surface area (Å²) in [5.74, 6) is 0.727. The Morgan fingerprint density at radius 3 is 2.85 bits per heavy atom. The SMILES string of the molecule is Cc1cc(NC(c2cccs2)C2CCCC2)cnc1Cl. The lowest BCUT2D eigenvalue weighted by molar-refractivity contribution is 0.475. The highest BCUT2D eigenvalue weighted by atomic mass is 35.5. The molecular formula is C16H19ClN2S. The molecule has 2 heterocycles. The maximum absolute atomic E-state index is 6.01. The minimum absolute atomic E-state index is 0.403. The zero-order valence-electron chi connectivity index (χ0n) is 11.6. The largest absolute Gasteiger partial charge is 0.376 e. The van der Waals surface area contributed by atoms with E-state index in [2.05, 4.69) is 33.9 Å². The summed E-state index contributed by atoms with van der Waals surface area (Å²) < 4.78 is 0. The average molecular weight is 307 g/mol. The average Bonchev–Trinajstić information content (AvgIpc) is 3.12. The van der Waals surface area contributed by atoms with E-state index in [1.54, 1.807) is 0 Å². The molecule has 0 amide bonds. The third kappa shape index (κ3) is 2.99. The van der Waals surface area contributed by atoms with Gasteiger partial charge in [-0.2, -0.15) is 0 Å². The maximum atomic E-state index is 6.01. The van der Waals surface area contributed by atoms with Gasteiger partial charge in [-0.3, -0.25) is 0 Å². The van der Waals surface area contributed by atoms with E-state index in [-0.39, 0.29) is 0 Å². The number of pyridine rings is 1. The van der Waals surface area contributed by atoms with Gasteiger partial charge in [-0.1, -0.05) is 30.5 Å². The predicted molar refractivity (Wildman–Crippen MR) is 86.6 cm³/mol. The van der Waals surface area contributed by atoms with E-state index in [0.29, 0.717) is 11.2 Å². The second-order valence-electron chi connectivity index (χ2n) is 5.51. The lowest BCUT2D eigenvalue weighted by atomic mass is 9.96. The van der Waals surface area contributed by atoms with Crippen LogP contribution in [0.1, 0.15) is 42.2 Å². The summed E-state index contributed by atoms with van der Waals surface area (Å²) in [7, 11) is 0. The highest BCUT2D eigenvalue weighted by Gasteiger charge is 2.27. The molecule has 0 radical (unpaired) electrons. The van der Waals surface area contributed by atoms with Crippen molar-refractivity contribution in [3.63, 3.8) is 0 Å². The van der Waals surface area contributed by atoms with Crippen molar-refractivity contribution in [3.05, 3.63) is 45.4 Å². The van der Waals surface area contributed by atoms with Crippen molar-refractivity contribution in [2.24, 2.45) is 5.92 Å². The number of rotatable bonds is 4. The number of hydrogen-bond donors (Lipinski definition) is 1. The normalized spacial score (nSPS) is 17.3. The summed E-state index contributed by atoms with van der Waals surface area (Å²) in [6.07, 6.45) is 7.17. The highest BCUT2D eigenvalue weighted by molar-refractivity contribution is 7.10. The Hall–Kier alpha value is -1.06. The molecule has 0 spiro atoms. The van der Waals surface area contributed by atoms with Crippen molar-refractivity contribution in [3.8, 4) is 0 Å². The van der Waals surface area contributed by atoms with Crippen LogP contribution in [-0.2, 0) is 0 Å². The molecule has 2 aromatic rings. The van der Waals surface area contributed by atoms with Crippen LogP contribution in [0.3, 0.4) is 0 Å². The van der Waals surface area contributed by atoms with Gasteiger partial charge in [-0.05, 0) is 48.8 Å². The number of nitrogens with one attached hydrogen (secondary N) is 1. The number of hydrogen-bond acceptors (Lipinski definition) is 3. The Labute approximate surface area is 129 Å². The van der Waals surface area contributed by atoms with Crippen molar-refractivity contribution < 1.29 is 0 Å². The van der Waals surface area contributed by atoms with Gasteiger partial charge in [0.2, 0.25) is 0 Å². The van der Waals surface area contributed by atoms with E-state index >= 15 is 0 Å². The Kier molecular flexibility index (Phi) is 4.27. The minimum Gasteiger partial charge on any atom is -0.376 e. The number of halogens is 1. The van der Waals surface area contributed by atoms with E-state index in [1.165, 1.54) is 30.6 Å². The standard InChI is InChI=1S/C16H19ClN2S/c1-11-9-13(10-18-16(11)17)19-15(12-5-2-3-6-12)14-7-4-8-20-14/h4,7-10,12,15,19H,2-3,5-6H2,1H3. The van der Waals surface area contributed by atoms with Crippen LogP contribution < -0.4 is 5.32 Å². The van der Waals surface area contributed by atoms with Crippen LogP contribution in [-0.4, -0.2) is 4.98 Å². The lowest BCUT2D eigenvalue weighted by Gasteiger charge is -2.25. The molecule has 2 nitrogen and oxygen atoms in total. The van der Waals surface area contributed by atoms with Crippen LogP contribution in [0.5, 0.6) is 0 Å². The first-order valence-electron chi connectivity index (χ1n) is 7.16. The van der Waals surface area contributed by atoms with Crippen molar-refractivity contribution in [1.29, 1.82) is 0 Å². The van der Waals surface area contributed by atoms with Crippen LogP contribution in [0, 0.1) is 12.8 Å². The Morgan fingerprint density at radius 1 is 1.40 bits per heavy atom. The third-order valence-corrected chi connectivity index (χ3v) is 5.41. The molecule has 1 aliphatic rings. The molecule has 1 saturated carbocycles. The number of aryl methyl sites for hydroxylation is 1. The molecule has 4 heteroatoms. The van der Waals surface area contributed by atoms with Crippen molar-refractivity contribution in [2.75, 3.05) is 5.32 Å². The zero-order valence-corrected chi connectivity index (χ0v) is 13.2. The molecule has 1 N–H and O–H groups in total.